The van der Waals surface area contributed by atoms with E-state index in [1.54, 1.807) is 24.3 Å². The van der Waals surface area contributed by atoms with Crippen LogP contribution in [0.25, 0.3) is 5.76 Å². The second kappa shape index (κ2) is 7.81. The molecule has 3 aromatic rings. The summed E-state index contributed by atoms with van der Waals surface area (Å²) >= 11 is 7.37. The van der Waals surface area contributed by atoms with Gasteiger partial charge in [-0.2, -0.15) is 0 Å². The highest BCUT2D eigenvalue weighted by atomic mass is 35.5. The van der Waals surface area contributed by atoms with Gasteiger partial charge in [0.1, 0.15) is 11.6 Å². The quantitative estimate of drug-likeness (QED) is 0.355. The fraction of sp³-hybridized carbons (Fsp3) is 0.0909. The van der Waals surface area contributed by atoms with Gasteiger partial charge < -0.3 is 10.0 Å². The van der Waals surface area contributed by atoms with Crippen molar-refractivity contribution in [2.75, 3.05) is 0 Å². The zero-order valence-electron chi connectivity index (χ0n) is 15.0. The summed E-state index contributed by atoms with van der Waals surface area (Å²) in [6.07, 6.45) is 0. The number of hydrogen-bond acceptors (Lipinski definition) is 4. The Labute approximate surface area is 175 Å². The zero-order valence-corrected chi connectivity index (χ0v) is 16.6. The summed E-state index contributed by atoms with van der Waals surface area (Å²) < 4.78 is 13.5. The lowest BCUT2D eigenvalue weighted by Crippen LogP contribution is -2.28. The molecule has 2 aromatic carbocycles. The van der Waals surface area contributed by atoms with Crippen LogP contribution in [0.3, 0.4) is 0 Å². The molecule has 1 fully saturated rings. The number of hydrogen-bond donors (Lipinski definition) is 1. The fourth-order valence-corrected chi connectivity index (χ4v) is 4.20. The number of benzene rings is 2. The first-order valence-electron chi connectivity index (χ1n) is 8.78. The van der Waals surface area contributed by atoms with Gasteiger partial charge in [-0.15, -0.1) is 11.3 Å². The molecule has 7 heteroatoms. The molecule has 1 aliphatic rings. The maximum atomic E-state index is 13.5. The fourth-order valence-electron chi connectivity index (χ4n) is 3.37. The first-order chi connectivity index (χ1) is 14.0. The van der Waals surface area contributed by atoms with E-state index in [9.17, 15) is 19.1 Å². The lowest BCUT2D eigenvalue weighted by Gasteiger charge is -2.25. The van der Waals surface area contributed by atoms with Gasteiger partial charge in [0.2, 0.25) is 0 Å². The average Bonchev–Trinajstić information content (AvgIpc) is 3.31. The third-order valence-corrected chi connectivity index (χ3v) is 5.86. The maximum absolute atomic E-state index is 13.5. The highest BCUT2D eigenvalue weighted by Gasteiger charge is 2.46. The molecule has 1 aromatic heterocycles. The van der Waals surface area contributed by atoms with Crippen molar-refractivity contribution >= 4 is 40.4 Å². The number of aliphatic hydroxyl groups excluding tert-OH is 1. The Balaban J connectivity index is 1.86. The number of ketones is 1. The van der Waals surface area contributed by atoms with Crippen molar-refractivity contribution in [2.45, 2.75) is 12.6 Å². The number of likely N-dealkylation sites (tertiary alicyclic amines) is 1. The van der Waals surface area contributed by atoms with Crippen molar-refractivity contribution in [1.29, 1.82) is 0 Å². The Kier molecular flexibility index (Phi) is 5.22. The van der Waals surface area contributed by atoms with Gasteiger partial charge in [-0.05, 0) is 53.4 Å². The molecule has 1 amide bonds. The number of rotatable bonds is 4. The number of carbonyl (C=O) groups excluding carboxylic acids is 2. The van der Waals surface area contributed by atoms with Gasteiger partial charge in [0.15, 0.2) is 0 Å². The predicted molar refractivity (Wildman–Crippen MR) is 110 cm³/mol. The summed E-state index contributed by atoms with van der Waals surface area (Å²) in [6, 6.07) is 14.8. The molecule has 1 saturated heterocycles. The van der Waals surface area contributed by atoms with E-state index in [1.807, 2.05) is 17.5 Å². The minimum Gasteiger partial charge on any atom is -0.507 e. The Hall–Kier alpha value is -2.96. The van der Waals surface area contributed by atoms with Crippen molar-refractivity contribution in [3.05, 3.63) is 98.5 Å². The summed E-state index contributed by atoms with van der Waals surface area (Å²) in [7, 11) is 0. The van der Waals surface area contributed by atoms with Crippen LogP contribution in [0, 0.1) is 5.82 Å². The number of amides is 1. The lowest BCUT2D eigenvalue weighted by molar-refractivity contribution is -0.140. The largest absolute Gasteiger partial charge is 0.507 e. The standard InChI is InChI=1S/C22H15ClFNO3S/c23-15-7-3-14(4-8-15)20(26)18-19(13-5-9-16(24)10-6-13)25(22(28)21(18)27)12-17-2-1-11-29-17/h1-11,19,26H,12H2/b20-18+. The summed E-state index contributed by atoms with van der Waals surface area (Å²) in [5.41, 5.74) is 0.883. The Morgan fingerprint density at radius 3 is 2.38 bits per heavy atom. The number of halogens is 2. The highest BCUT2D eigenvalue weighted by Crippen LogP contribution is 2.40. The predicted octanol–water partition coefficient (Wildman–Crippen LogP) is 5.16. The molecule has 1 unspecified atom stereocenters. The van der Waals surface area contributed by atoms with Crippen LogP contribution in [0.15, 0.2) is 71.6 Å². The van der Waals surface area contributed by atoms with E-state index < -0.39 is 23.5 Å². The van der Waals surface area contributed by atoms with Gasteiger partial charge in [-0.3, -0.25) is 9.59 Å². The van der Waals surface area contributed by atoms with Crippen LogP contribution in [0.1, 0.15) is 22.0 Å². The van der Waals surface area contributed by atoms with Crippen molar-refractivity contribution < 1.29 is 19.1 Å². The van der Waals surface area contributed by atoms with Crippen molar-refractivity contribution in [2.24, 2.45) is 0 Å². The Morgan fingerprint density at radius 2 is 1.76 bits per heavy atom. The summed E-state index contributed by atoms with van der Waals surface area (Å²) in [5.74, 6) is -2.20. The zero-order chi connectivity index (χ0) is 20.5. The van der Waals surface area contributed by atoms with Crippen LogP contribution in [0.2, 0.25) is 5.02 Å². The van der Waals surface area contributed by atoms with E-state index in [0.717, 1.165) is 4.88 Å². The molecule has 2 heterocycles. The molecule has 0 aliphatic carbocycles. The molecule has 0 spiro atoms. The van der Waals surface area contributed by atoms with Gasteiger partial charge in [0.25, 0.3) is 11.7 Å². The van der Waals surface area contributed by atoms with Crippen LogP contribution in [-0.4, -0.2) is 21.7 Å². The highest BCUT2D eigenvalue weighted by molar-refractivity contribution is 7.09. The van der Waals surface area contributed by atoms with E-state index in [4.69, 9.17) is 11.6 Å². The van der Waals surface area contributed by atoms with Gasteiger partial charge in [-0.1, -0.05) is 29.8 Å². The van der Waals surface area contributed by atoms with Crippen LogP contribution < -0.4 is 0 Å². The third-order valence-electron chi connectivity index (χ3n) is 4.75. The first kappa shape index (κ1) is 19.4. The molecular formula is C22H15ClFNO3S. The topological polar surface area (TPSA) is 57.6 Å². The van der Waals surface area contributed by atoms with Crippen molar-refractivity contribution in [3.63, 3.8) is 0 Å². The summed E-state index contributed by atoms with van der Waals surface area (Å²) in [5, 5.41) is 13.3. The SMILES string of the molecule is O=C1C(=O)N(Cc2cccs2)C(c2ccc(F)cc2)/C1=C(\O)c1ccc(Cl)cc1. The van der Waals surface area contributed by atoms with E-state index in [0.29, 0.717) is 16.1 Å². The third kappa shape index (κ3) is 3.69. The molecule has 1 N–H and O–H groups in total. The van der Waals surface area contributed by atoms with E-state index >= 15 is 0 Å². The smallest absolute Gasteiger partial charge is 0.295 e. The summed E-state index contributed by atoms with van der Waals surface area (Å²) in [4.78, 5) is 28.0. The lowest BCUT2D eigenvalue weighted by atomic mass is 9.95. The number of aliphatic hydroxyl groups is 1. The number of carbonyl (C=O) groups is 2. The molecule has 1 atom stereocenters. The normalized spacial score (nSPS) is 18.4. The van der Waals surface area contributed by atoms with Gasteiger partial charge in [0, 0.05) is 15.5 Å². The van der Waals surface area contributed by atoms with Crippen molar-refractivity contribution in [3.8, 4) is 0 Å². The molecule has 29 heavy (non-hydrogen) atoms. The molecule has 0 saturated carbocycles. The monoisotopic (exact) mass is 427 g/mol. The maximum Gasteiger partial charge on any atom is 0.295 e. The van der Waals surface area contributed by atoms with Gasteiger partial charge >= 0.3 is 0 Å². The van der Waals surface area contributed by atoms with Crippen LogP contribution in [-0.2, 0) is 16.1 Å². The minimum absolute atomic E-state index is 0.0273. The summed E-state index contributed by atoms with van der Waals surface area (Å²) in [6.45, 7) is 0.210. The number of nitrogens with zero attached hydrogens (tertiary/aromatic N) is 1. The second-order valence-corrected chi connectivity index (χ2v) is 8.03. The van der Waals surface area contributed by atoms with E-state index in [-0.39, 0.29) is 17.9 Å². The molecular weight excluding hydrogens is 413 g/mol. The average molecular weight is 428 g/mol. The van der Waals surface area contributed by atoms with Gasteiger partial charge in [-0.25, -0.2) is 4.39 Å². The van der Waals surface area contributed by atoms with E-state index in [1.165, 1.54) is 40.5 Å². The molecule has 0 bridgehead atoms. The molecule has 1 aliphatic heterocycles. The van der Waals surface area contributed by atoms with Crippen LogP contribution >= 0.6 is 22.9 Å². The first-order valence-corrected chi connectivity index (χ1v) is 10.0. The Bertz CT molecular complexity index is 1090. The molecule has 4 rings (SSSR count). The molecule has 4 nitrogen and oxygen atoms in total. The number of thiophene rings is 1. The van der Waals surface area contributed by atoms with Gasteiger partial charge in [0.05, 0.1) is 18.2 Å². The molecule has 146 valence electrons. The van der Waals surface area contributed by atoms with E-state index in [2.05, 4.69) is 0 Å². The van der Waals surface area contributed by atoms with Crippen LogP contribution in [0.4, 0.5) is 4.39 Å². The van der Waals surface area contributed by atoms with Crippen molar-refractivity contribution in [1.82, 2.24) is 4.90 Å². The minimum atomic E-state index is -0.826. The van der Waals surface area contributed by atoms with Crippen LogP contribution in [0.5, 0.6) is 0 Å². The Morgan fingerprint density at radius 1 is 1.07 bits per heavy atom. The number of Topliss-reactive ketones (excluding diaryl/α,β-unsaturated/α-hetero) is 1. The molecule has 0 radical (unpaired) electrons. The second-order valence-electron chi connectivity index (χ2n) is 6.56.